The van der Waals surface area contributed by atoms with E-state index < -0.39 is 0 Å². The fourth-order valence-electron chi connectivity index (χ4n) is 3.62. The lowest BCUT2D eigenvalue weighted by Crippen LogP contribution is -2.26. The minimum atomic E-state index is -0.243. The van der Waals surface area contributed by atoms with E-state index in [2.05, 4.69) is 16.0 Å². The molecule has 1 fully saturated rings. The maximum Gasteiger partial charge on any atom is 0.258 e. The molecule has 3 aromatic carbocycles. The molecule has 174 valence electrons. The monoisotopic (exact) mass is 456 g/mol. The zero-order chi connectivity index (χ0) is 24.1. The Morgan fingerprint density at radius 2 is 1.59 bits per heavy atom. The minimum absolute atomic E-state index is 0.0446. The molecule has 0 spiro atoms. The van der Waals surface area contributed by atoms with Gasteiger partial charge in [0.2, 0.25) is 11.8 Å². The number of carbonyl (C=O) groups excluding carboxylic acids is 3. The van der Waals surface area contributed by atoms with Crippen LogP contribution in [0.5, 0.6) is 0 Å². The lowest BCUT2D eigenvalue weighted by molar-refractivity contribution is -0.117. The Hall–Kier alpha value is -4.13. The largest absolute Gasteiger partial charge is 0.376 e. The molecule has 0 unspecified atom stereocenters. The van der Waals surface area contributed by atoms with E-state index in [0.717, 1.165) is 35.5 Å². The summed E-state index contributed by atoms with van der Waals surface area (Å²) in [6, 6.07) is 21.8. The maximum absolute atomic E-state index is 12.9. The van der Waals surface area contributed by atoms with Crippen molar-refractivity contribution in [1.29, 1.82) is 0 Å². The van der Waals surface area contributed by atoms with Gasteiger partial charge in [-0.2, -0.15) is 0 Å². The van der Waals surface area contributed by atoms with Crippen LogP contribution in [0, 0.1) is 12.8 Å². The quantitative estimate of drug-likeness (QED) is 0.459. The van der Waals surface area contributed by atoms with Crippen LogP contribution in [-0.4, -0.2) is 31.3 Å². The van der Waals surface area contributed by atoms with Gasteiger partial charge in [0.25, 0.3) is 5.91 Å². The molecule has 0 saturated heterocycles. The summed E-state index contributed by atoms with van der Waals surface area (Å²) < 4.78 is 0. The van der Waals surface area contributed by atoms with Crippen molar-refractivity contribution in [3.63, 3.8) is 0 Å². The smallest absolute Gasteiger partial charge is 0.258 e. The van der Waals surface area contributed by atoms with Gasteiger partial charge in [0.15, 0.2) is 0 Å². The Morgan fingerprint density at radius 3 is 2.32 bits per heavy atom. The van der Waals surface area contributed by atoms with Crippen molar-refractivity contribution in [2.75, 3.05) is 34.4 Å². The Balaban J connectivity index is 1.36. The van der Waals surface area contributed by atoms with Crippen LogP contribution in [0.3, 0.4) is 0 Å². The third-order valence-electron chi connectivity index (χ3n) is 5.82. The summed E-state index contributed by atoms with van der Waals surface area (Å²) in [6.07, 6.45) is 1.89. The molecule has 1 saturated carbocycles. The fourth-order valence-corrected chi connectivity index (χ4v) is 3.62. The molecule has 0 aromatic heterocycles. The van der Waals surface area contributed by atoms with Gasteiger partial charge in [-0.15, -0.1) is 0 Å². The van der Waals surface area contributed by atoms with Gasteiger partial charge in [-0.1, -0.05) is 30.3 Å². The molecule has 3 amide bonds. The van der Waals surface area contributed by atoms with Crippen LogP contribution in [0.2, 0.25) is 0 Å². The molecule has 34 heavy (non-hydrogen) atoms. The summed E-state index contributed by atoms with van der Waals surface area (Å²) in [7, 11) is 1.72. The number of rotatable bonds is 8. The Morgan fingerprint density at radius 1 is 0.882 bits per heavy atom. The van der Waals surface area contributed by atoms with Crippen molar-refractivity contribution >= 4 is 40.5 Å². The second-order valence-electron chi connectivity index (χ2n) is 8.42. The topological polar surface area (TPSA) is 90.5 Å². The average molecular weight is 457 g/mol. The van der Waals surface area contributed by atoms with E-state index in [1.807, 2.05) is 55.5 Å². The van der Waals surface area contributed by atoms with Gasteiger partial charge in [0.05, 0.1) is 6.54 Å². The SMILES string of the molecule is Cc1c(NCC(=O)Nc2cccc(C(=O)N(C)c3ccccc3)c2)cccc1NC(=O)C1CC1. The number of para-hydroxylation sites is 1. The molecule has 1 aliphatic rings. The van der Waals surface area contributed by atoms with E-state index >= 15 is 0 Å². The number of nitrogens with zero attached hydrogens (tertiary/aromatic N) is 1. The highest BCUT2D eigenvalue weighted by molar-refractivity contribution is 6.06. The van der Waals surface area contributed by atoms with Crippen molar-refractivity contribution in [2.45, 2.75) is 19.8 Å². The van der Waals surface area contributed by atoms with Gasteiger partial charge in [-0.25, -0.2) is 0 Å². The number of amides is 3. The van der Waals surface area contributed by atoms with Gasteiger partial charge in [0.1, 0.15) is 0 Å². The molecular weight excluding hydrogens is 428 g/mol. The molecule has 1 aliphatic carbocycles. The van der Waals surface area contributed by atoms with E-state index in [1.54, 1.807) is 36.2 Å². The molecule has 4 rings (SSSR count). The molecule has 3 N–H and O–H groups in total. The number of nitrogens with one attached hydrogen (secondary N) is 3. The van der Waals surface area contributed by atoms with Crippen LogP contribution in [0.4, 0.5) is 22.7 Å². The van der Waals surface area contributed by atoms with Gasteiger partial charge < -0.3 is 20.9 Å². The molecular formula is C27H28N4O3. The van der Waals surface area contributed by atoms with Crippen LogP contribution in [0.15, 0.2) is 72.8 Å². The summed E-state index contributed by atoms with van der Waals surface area (Å²) in [4.78, 5) is 39.1. The molecule has 0 radical (unpaired) electrons. The van der Waals surface area contributed by atoms with Crippen LogP contribution in [0.25, 0.3) is 0 Å². The number of hydrogen-bond acceptors (Lipinski definition) is 4. The molecule has 0 bridgehead atoms. The second-order valence-corrected chi connectivity index (χ2v) is 8.42. The average Bonchev–Trinajstić information content (AvgIpc) is 3.70. The number of hydrogen-bond donors (Lipinski definition) is 3. The van der Waals surface area contributed by atoms with E-state index in [4.69, 9.17) is 0 Å². The summed E-state index contributed by atoms with van der Waals surface area (Å²) in [6.45, 7) is 1.95. The van der Waals surface area contributed by atoms with E-state index in [1.165, 1.54) is 0 Å². The highest BCUT2D eigenvalue weighted by atomic mass is 16.2. The Bertz CT molecular complexity index is 1210. The first-order valence-electron chi connectivity index (χ1n) is 11.3. The minimum Gasteiger partial charge on any atom is -0.376 e. The van der Waals surface area contributed by atoms with Gasteiger partial charge in [0, 0.05) is 41.3 Å². The van der Waals surface area contributed by atoms with Crippen LogP contribution < -0.4 is 20.9 Å². The summed E-state index contributed by atoms with van der Waals surface area (Å²) in [5.41, 5.74) is 4.21. The van der Waals surface area contributed by atoms with Gasteiger partial charge in [-0.3, -0.25) is 14.4 Å². The highest BCUT2D eigenvalue weighted by Crippen LogP contribution is 2.31. The first-order valence-corrected chi connectivity index (χ1v) is 11.3. The Kier molecular flexibility index (Phi) is 6.92. The summed E-state index contributed by atoms with van der Waals surface area (Å²) in [5.74, 6) is -0.240. The van der Waals surface area contributed by atoms with Crippen molar-refractivity contribution in [3.05, 3.63) is 83.9 Å². The molecule has 7 nitrogen and oxygen atoms in total. The molecule has 3 aromatic rings. The number of anilines is 4. The molecule has 0 atom stereocenters. The predicted octanol–water partition coefficient (Wildman–Crippen LogP) is 4.67. The molecule has 7 heteroatoms. The van der Waals surface area contributed by atoms with E-state index in [0.29, 0.717) is 11.3 Å². The molecule has 0 aliphatic heterocycles. The third kappa shape index (κ3) is 5.61. The van der Waals surface area contributed by atoms with Crippen molar-refractivity contribution in [1.82, 2.24) is 0 Å². The standard InChI is InChI=1S/C27H28N4O3/c1-18-23(12-7-13-24(18)30-26(33)19-14-15-19)28-17-25(32)29-21-9-6-8-20(16-21)27(34)31(2)22-10-4-3-5-11-22/h3-13,16,19,28H,14-15,17H2,1-2H3,(H,29,32)(H,30,33). The van der Waals surface area contributed by atoms with E-state index in [-0.39, 0.29) is 30.2 Å². The van der Waals surface area contributed by atoms with E-state index in [9.17, 15) is 14.4 Å². The highest BCUT2D eigenvalue weighted by Gasteiger charge is 2.29. The molecule has 0 heterocycles. The fraction of sp³-hybridized carbons (Fsp3) is 0.222. The first-order chi connectivity index (χ1) is 16.4. The zero-order valence-electron chi connectivity index (χ0n) is 19.3. The lowest BCUT2D eigenvalue weighted by atomic mass is 10.1. The normalized spacial score (nSPS) is 12.5. The Labute approximate surface area is 199 Å². The van der Waals surface area contributed by atoms with Crippen molar-refractivity contribution in [3.8, 4) is 0 Å². The zero-order valence-corrected chi connectivity index (χ0v) is 19.3. The maximum atomic E-state index is 12.9. The first kappa shape index (κ1) is 23.0. The third-order valence-corrected chi connectivity index (χ3v) is 5.82. The van der Waals surface area contributed by atoms with Crippen molar-refractivity contribution < 1.29 is 14.4 Å². The van der Waals surface area contributed by atoms with Crippen molar-refractivity contribution in [2.24, 2.45) is 5.92 Å². The second kappa shape index (κ2) is 10.2. The van der Waals surface area contributed by atoms with Crippen LogP contribution in [0.1, 0.15) is 28.8 Å². The predicted molar refractivity (Wildman–Crippen MR) is 135 cm³/mol. The van der Waals surface area contributed by atoms with Crippen LogP contribution >= 0.6 is 0 Å². The number of carbonyl (C=O) groups is 3. The summed E-state index contributed by atoms with van der Waals surface area (Å²) >= 11 is 0. The van der Waals surface area contributed by atoms with Gasteiger partial charge in [-0.05, 0) is 67.8 Å². The summed E-state index contributed by atoms with van der Waals surface area (Å²) in [5, 5.41) is 8.93. The number of benzene rings is 3. The van der Waals surface area contributed by atoms with Crippen LogP contribution in [-0.2, 0) is 9.59 Å². The van der Waals surface area contributed by atoms with Gasteiger partial charge >= 0.3 is 0 Å². The lowest BCUT2D eigenvalue weighted by Gasteiger charge is -2.18.